The van der Waals surface area contributed by atoms with Gasteiger partial charge in [0.15, 0.2) is 0 Å². The van der Waals surface area contributed by atoms with Crippen LogP contribution in [0.15, 0.2) is 35.1 Å². The topological polar surface area (TPSA) is 241 Å². The van der Waals surface area contributed by atoms with Gasteiger partial charge in [-0.05, 0) is 57.6 Å². The molecule has 0 spiro atoms. The van der Waals surface area contributed by atoms with Crippen molar-refractivity contribution < 1.29 is 37.1 Å². The van der Waals surface area contributed by atoms with Crippen LogP contribution in [0.25, 0.3) is 10.9 Å². The van der Waals surface area contributed by atoms with Crippen molar-refractivity contribution in [3.8, 4) is 11.5 Å². The maximum absolute atomic E-state index is 14.4. The highest BCUT2D eigenvalue weighted by Crippen LogP contribution is 2.46. The van der Waals surface area contributed by atoms with E-state index in [9.17, 15) is 32.4 Å². The summed E-state index contributed by atoms with van der Waals surface area (Å²) in [7, 11) is -2.41. The van der Waals surface area contributed by atoms with Crippen molar-refractivity contribution in [2.45, 2.75) is 100 Å². The number of rotatable bonds is 10. The molecule has 3 fully saturated rings. The van der Waals surface area contributed by atoms with Gasteiger partial charge in [0.1, 0.15) is 40.9 Å². The molecule has 3 heterocycles. The van der Waals surface area contributed by atoms with Crippen molar-refractivity contribution in [2.75, 3.05) is 13.7 Å². The molecule has 17 heteroatoms. The first kappa shape index (κ1) is 37.7. The van der Waals surface area contributed by atoms with Crippen LogP contribution in [0.2, 0.25) is 0 Å². The fourth-order valence-electron chi connectivity index (χ4n) is 7.20. The van der Waals surface area contributed by atoms with Crippen molar-refractivity contribution in [1.29, 1.82) is 10.8 Å². The quantitative estimate of drug-likeness (QED) is 0.153. The Balaban J connectivity index is 1.34. The van der Waals surface area contributed by atoms with Gasteiger partial charge in [0.2, 0.25) is 21.8 Å². The van der Waals surface area contributed by atoms with Crippen LogP contribution in [-0.2, 0) is 29.2 Å². The van der Waals surface area contributed by atoms with Crippen molar-refractivity contribution in [1.82, 2.24) is 25.2 Å². The number of aromatic amines is 1. The van der Waals surface area contributed by atoms with Gasteiger partial charge in [-0.1, -0.05) is 25.0 Å². The highest BCUT2D eigenvalue weighted by atomic mass is 32.2. The molecular formula is C36H45N7O9S. The fourth-order valence-corrected chi connectivity index (χ4v) is 8.56. The number of aryl methyl sites for hydroxylation is 1. The number of carbonyl (C=O) groups excluding carboxylic acids is 4. The summed E-state index contributed by atoms with van der Waals surface area (Å²) >= 11 is 0. The number of sulfonamides is 1. The second-order valence-electron chi connectivity index (χ2n) is 14.2. The number of ether oxygens (including phenoxy) is 2. The Morgan fingerprint density at radius 1 is 1.11 bits per heavy atom. The molecule has 6 N–H and O–H groups in total. The predicted octanol–water partition coefficient (Wildman–Crippen LogP) is 1.74. The van der Waals surface area contributed by atoms with Crippen LogP contribution in [0, 0.1) is 23.7 Å². The van der Waals surface area contributed by atoms with E-state index in [2.05, 4.69) is 20.3 Å². The first-order valence-corrected chi connectivity index (χ1v) is 19.4. The van der Waals surface area contributed by atoms with Gasteiger partial charge in [0.25, 0.3) is 17.4 Å². The molecule has 0 bridgehead atoms. The molecule has 4 aliphatic rings. The minimum atomic E-state index is -3.93. The second kappa shape index (κ2) is 15.1. The number of nitrogens with one attached hydrogen (secondary N) is 6. The average Bonchev–Trinajstić information content (AvgIpc) is 4.04. The molecule has 2 aliphatic carbocycles. The number of methoxy groups -OCH3 is 1. The van der Waals surface area contributed by atoms with Crippen LogP contribution in [0.4, 0.5) is 0 Å². The average molecular weight is 752 g/mol. The number of allylic oxidation sites excluding steroid dienone is 1. The molecule has 2 saturated carbocycles. The van der Waals surface area contributed by atoms with Crippen LogP contribution >= 0.6 is 0 Å². The second-order valence-corrected chi connectivity index (χ2v) is 16.2. The van der Waals surface area contributed by atoms with E-state index in [1.165, 1.54) is 18.1 Å². The highest BCUT2D eigenvalue weighted by Gasteiger charge is 2.62. The molecule has 2 aromatic rings. The van der Waals surface area contributed by atoms with E-state index >= 15 is 0 Å². The molecule has 16 nitrogen and oxygen atoms in total. The largest absolute Gasteiger partial charge is 0.496 e. The minimum Gasteiger partial charge on any atom is -0.496 e. The Bertz CT molecular complexity index is 2040. The third-order valence-corrected chi connectivity index (χ3v) is 12.3. The maximum atomic E-state index is 14.4. The van der Waals surface area contributed by atoms with Gasteiger partial charge in [-0.25, -0.2) is 8.42 Å². The number of nitrogens with zero attached hydrogens (tertiary/aromatic N) is 1. The summed E-state index contributed by atoms with van der Waals surface area (Å²) in [5.74, 6) is -2.65. The zero-order valence-electron chi connectivity index (χ0n) is 29.7. The summed E-state index contributed by atoms with van der Waals surface area (Å²) in [6, 6.07) is 2.42. The van der Waals surface area contributed by atoms with Crippen LogP contribution in [0.3, 0.4) is 0 Å². The molecule has 1 saturated heterocycles. The lowest BCUT2D eigenvalue weighted by atomic mass is 10.0. The fraction of sp³-hybridized carbons (Fsp3) is 0.528. The number of H-pyrrole nitrogens is 1. The Hall–Kier alpha value is -5.06. The number of hydrogen-bond acceptors (Lipinski definition) is 11. The summed E-state index contributed by atoms with van der Waals surface area (Å²) < 4.78 is 39.6. The van der Waals surface area contributed by atoms with Crippen LogP contribution in [-0.4, -0.2) is 96.5 Å². The zero-order valence-corrected chi connectivity index (χ0v) is 30.5. The predicted molar refractivity (Wildman–Crippen MR) is 195 cm³/mol. The van der Waals surface area contributed by atoms with E-state index < -0.39 is 79.8 Å². The first-order chi connectivity index (χ1) is 25.3. The summed E-state index contributed by atoms with van der Waals surface area (Å²) in [6.45, 7) is 1.66. The van der Waals surface area contributed by atoms with Crippen LogP contribution in [0.5, 0.6) is 11.5 Å². The molecule has 5 atom stereocenters. The minimum absolute atomic E-state index is 0.0517. The van der Waals surface area contributed by atoms with Crippen molar-refractivity contribution in [2.24, 2.45) is 5.92 Å². The Morgan fingerprint density at radius 2 is 1.89 bits per heavy atom. The molecule has 0 radical (unpaired) electrons. The number of hydrogen-bond donors (Lipinski definition) is 6. The summed E-state index contributed by atoms with van der Waals surface area (Å²) in [4.78, 5) is 72.2. The number of carbonyl (C=O) groups is 4. The number of benzene rings is 1. The smallest absolute Gasteiger partial charge is 0.265 e. The third kappa shape index (κ3) is 7.99. The first-order valence-electron chi connectivity index (χ1n) is 17.9. The van der Waals surface area contributed by atoms with E-state index in [-0.39, 0.29) is 38.0 Å². The lowest BCUT2D eigenvalue weighted by molar-refractivity contribution is -0.142. The molecule has 53 heavy (non-hydrogen) atoms. The third-order valence-electron chi connectivity index (χ3n) is 10.4. The SMILES string of the molecule is COc1ccc2c(OC3CC4C(=O)NC5(C(=O)NS(=O)(=O)C6CC6)CC5C=CCCCCCC(NC(=O)C(=N)CC=N)C(=O)N4C3)cc(=O)[nH]c2c1C. The van der Waals surface area contributed by atoms with Gasteiger partial charge in [-0.3, -0.25) is 34.1 Å². The van der Waals surface area contributed by atoms with Gasteiger partial charge in [0, 0.05) is 42.0 Å². The molecule has 5 unspecified atom stereocenters. The van der Waals surface area contributed by atoms with Crippen molar-refractivity contribution >= 4 is 56.5 Å². The molecule has 2 aliphatic heterocycles. The van der Waals surface area contributed by atoms with Crippen LogP contribution < -0.4 is 30.4 Å². The maximum Gasteiger partial charge on any atom is 0.265 e. The van der Waals surface area contributed by atoms with Crippen molar-refractivity contribution in [3.63, 3.8) is 0 Å². The van der Waals surface area contributed by atoms with Crippen molar-refractivity contribution in [3.05, 3.63) is 46.3 Å². The zero-order chi connectivity index (χ0) is 38.1. The lowest BCUT2D eigenvalue weighted by Crippen LogP contribution is -2.58. The molecule has 4 amide bonds. The monoisotopic (exact) mass is 751 g/mol. The van der Waals surface area contributed by atoms with Gasteiger partial charge < -0.3 is 35.4 Å². The Kier molecular flexibility index (Phi) is 10.8. The van der Waals surface area contributed by atoms with Gasteiger partial charge in [-0.15, -0.1) is 0 Å². The lowest BCUT2D eigenvalue weighted by Gasteiger charge is -2.30. The number of aromatic nitrogens is 1. The van der Waals surface area contributed by atoms with Gasteiger partial charge >= 0.3 is 0 Å². The number of amides is 4. The summed E-state index contributed by atoms with van der Waals surface area (Å²) in [5.41, 5.74) is -1.23. The molecule has 6 rings (SSSR count). The van der Waals surface area contributed by atoms with E-state index in [1.807, 2.05) is 12.2 Å². The molecule has 284 valence electrons. The summed E-state index contributed by atoms with van der Waals surface area (Å²) in [5, 5.41) is 20.7. The number of pyridine rings is 1. The molecule has 1 aromatic carbocycles. The summed E-state index contributed by atoms with van der Waals surface area (Å²) in [6.07, 6.45) is 7.45. The van der Waals surface area contributed by atoms with E-state index in [1.54, 1.807) is 19.1 Å². The molecule has 1 aromatic heterocycles. The van der Waals surface area contributed by atoms with Gasteiger partial charge in [0.05, 0.1) is 24.4 Å². The number of fused-ring (bicyclic) bond motifs is 3. The van der Waals surface area contributed by atoms with Crippen LogP contribution in [0.1, 0.15) is 69.8 Å². The molecular weight excluding hydrogens is 707 g/mol. The normalized spacial score (nSPS) is 26.3. The van der Waals surface area contributed by atoms with E-state index in [4.69, 9.17) is 20.3 Å². The Morgan fingerprint density at radius 3 is 2.60 bits per heavy atom. The van der Waals surface area contributed by atoms with Gasteiger partial charge in [-0.2, -0.15) is 0 Å². The highest BCUT2D eigenvalue weighted by molar-refractivity contribution is 7.91. The van der Waals surface area contributed by atoms with E-state index in [0.717, 1.165) is 12.6 Å². The Labute approximate surface area is 306 Å². The standard InChI is InChI=1S/C36H45N7O9S/c1-20-28(51-2)13-12-24-29(17-30(44)40-31(20)24)52-22-16-27-33(46)41-36(35(48)42-53(49,50)23-10-11-23)18-21(36)8-6-4-3-5-7-9-26(34(47)43(27)19-22)39-32(45)25(38)14-15-37/h6,8,12-13,15,17,21-23,26-27,37-38H,3-5,7,9-11,14,16,18-19H2,1-2H3,(H,39,45)(H,40,44)(H,41,46)(H,42,48). The van der Waals surface area contributed by atoms with E-state index in [0.29, 0.717) is 54.3 Å².